The largest absolute Gasteiger partial charge is 0.370 e. The highest BCUT2D eigenvalue weighted by molar-refractivity contribution is 9.10. The number of rotatable bonds is 1. The molecule has 1 aromatic rings. The summed E-state index contributed by atoms with van der Waals surface area (Å²) in [6, 6.07) is 5.78. The fraction of sp³-hybridized carbons (Fsp3) is 0.125. The topological polar surface area (TPSA) is 125 Å². The molecule has 1 rings (SSSR count). The van der Waals surface area contributed by atoms with Crippen LogP contribution < -0.4 is 11.1 Å². The molecule has 0 radical (unpaired) electrons. The van der Waals surface area contributed by atoms with Gasteiger partial charge in [-0.3, -0.25) is 5.41 Å². The number of halogens is 1. The van der Waals surface area contributed by atoms with Crippen molar-refractivity contribution in [2.24, 2.45) is 5.73 Å². The summed E-state index contributed by atoms with van der Waals surface area (Å²) in [6.45, 7) is 1.96. The summed E-state index contributed by atoms with van der Waals surface area (Å²) < 4.78 is 0.969. The van der Waals surface area contributed by atoms with Crippen LogP contribution in [0.15, 0.2) is 22.7 Å². The fourth-order valence-electron chi connectivity index (χ4n) is 0.874. The van der Waals surface area contributed by atoms with Gasteiger partial charge in [-0.15, -0.1) is 10.1 Å². The van der Waals surface area contributed by atoms with E-state index in [1.54, 1.807) is 0 Å². The summed E-state index contributed by atoms with van der Waals surface area (Å²) >= 11 is 3.33. The summed E-state index contributed by atoms with van der Waals surface area (Å²) in [7, 11) is 0. The molecule has 0 heterocycles. The Hall–Kier alpha value is -1.83. The third-order valence-corrected chi connectivity index (χ3v) is 1.96. The maximum absolute atomic E-state index is 8.36. The molecule has 5 N–H and O–H groups in total. The number of anilines is 1. The van der Waals surface area contributed by atoms with E-state index in [9.17, 15) is 0 Å². The predicted molar refractivity (Wildman–Crippen MR) is 63.2 cm³/mol. The number of guanidine groups is 1. The Morgan fingerprint density at radius 3 is 2.62 bits per heavy atom. The summed E-state index contributed by atoms with van der Waals surface area (Å²) in [5.41, 5.74) is 7.12. The van der Waals surface area contributed by atoms with Crippen molar-refractivity contribution < 1.29 is 10.3 Å². The highest BCUT2D eigenvalue weighted by Crippen LogP contribution is 2.19. The number of nitrogens with zero attached hydrogens (tertiary/aromatic N) is 1. The summed E-state index contributed by atoms with van der Waals surface area (Å²) in [4.78, 5) is 8.36. The van der Waals surface area contributed by atoms with Crippen LogP contribution in [0.3, 0.4) is 0 Å². The number of nitrogens with two attached hydrogens (primary N) is 1. The number of benzene rings is 1. The molecule has 0 atom stereocenters. The third-order valence-electron chi connectivity index (χ3n) is 1.47. The molecule has 7 nitrogen and oxygen atoms in total. The van der Waals surface area contributed by atoms with Gasteiger partial charge in [-0.1, -0.05) is 22.0 Å². The van der Waals surface area contributed by atoms with Crippen molar-refractivity contribution in [1.82, 2.24) is 0 Å². The SMILES string of the molecule is Cc1ccc(Br)cc1NC(=N)N.O=[N+]([O-])O. The average Bonchev–Trinajstić information content (AvgIpc) is 2.09. The molecular formula is C8H11BrN4O3. The van der Waals surface area contributed by atoms with E-state index in [2.05, 4.69) is 21.2 Å². The summed E-state index contributed by atoms with van der Waals surface area (Å²) in [5.74, 6) is -0.0452. The smallest absolute Gasteiger partial charge is 0.291 e. The molecule has 88 valence electrons. The van der Waals surface area contributed by atoms with Crippen molar-refractivity contribution in [3.8, 4) is 0 Å². The molecule has 0 saturated heterocycles. The second-order valence-corrected chi connectivity index (χ2v) is 3.65. The molecule has 0 aliphatic carbocycles. The Morgan fingerprint density at radius 2 is 2.19 bits per heavy atom. The lowest BCUT2D eigenvalue weighted by Gasteiger charge is -2.07. The van der Waals surface area contributed by atoms with Gasteiger partial charge in [0.1, 0.15) is 0 Å². The Balaban J connectivity index is 0.000000487. The monoisotopic (exact) mass is 290 g/mol. The van der Waals surface area contributed by atoms with Gasteiger partial charge in [0.15, 0.2) is 5.96 Å². The minimum atomic E-state index is -1.50. The maximum Gasteiger partial charge on any atom is 0.291 e. The van der Waals surface area contributed by atoms with Crippen LogP contribution in [0.2, 0.25) is 0 Å². The van der Waals surface area contributed by atoms with Crippen LogP contribution in [0, 0.1) is 22.4 Å². The number of nitrogens with one attached hydrogen (secondary N) is 2. The van der Waals surface area contributed by atoms with Crippen LogP contribution in [-0.2, 0) is 0 Å². The Bertz CT molecular complexity index is 393. The van der Waals surface area contributed by atoms with Crippen molar-refractivity contribution >= 4 is 27.6 Å². The molecule has 1 aromatic carbocycles. The zero-order valence-corrected chi connectivity index (χ0v) is 9.98. The van der Waals surface area contributed by atoms with Gasteiger partial charge in [0, 0.05) is 10.2 Å². The van der Waals surface area contributed by atoms with E-state index in [-0.39, 0.29) is 5.96 Å². The van der Waals surface area contributed by atoms with E-state index in [4.69, 9.17) is 26.5 Å². The lowest BCUT2D eigenvalue weighted by molar-refractivity contribution is -0.742. The highest BCUT2D eigenvalue weighted by atomic mass is 79.9. The first-order valence-electron chi connectivity index (χ1n) is 4.03. The molecule has 0 unspecified atom stereocenters. The molecule has 0 spiro atoms. The van der Waals surface area contributed by atoms with Gasteiger partial charge in [-0.25, -0.2) is 0 Å². The lowest BCUT2D eigenvalue weighted by atomic mass is 10.2. The van der Waals surface area contributed by atoms with Gasteiger partial charge in [-0.2, -0.15) is 0 Å². The van der Waals surface area contributed by atoms with E-state index in [0.29, 0.717) is 0 Å². The van der Waals surface area contributed by atoms with Crippen LogP contribution in [0.1, 0.15) is 5.56 Å². The molecule has 0 saturated carbocycles. The molecule has 0 amide bonds. The molecular weight excluding hydrogens is 280 g/mol. The third kappa shape index (κ3) is 6.60. The van der Waals surface area contributed by atoms with E-state index in [0.717, 1.165) is 15.7 Å². The second-order valence-electron chi connectivity index (χ2n) is 2.74. The summed E-state index contributed by atoms with van der Waals surface area (Å²) in [5, 5.41) is 23.4. The van der Waals surface area contributed by atoms with Gasteiger partial charge in [0.05, 0.1) is 0 Å². The molecule has 0 aliphatic rings. The zero-order valence-electron chi connectivity index (χ0n) is 8.40. The fourth-order valence-corrected chi connectivity index (χ4v) is 1.24. The maximum atomic E-state index is 8.36. The molecule has 0 fully saturated rings. The van der Waals surface area contributed by atoms with Gasteiger partial charge >= 0.3 is 0 Å². The van der Waals surface area contributed by atoms with E-state index in [1.165, 1.54) is 0 Å². The first kappa shape index (κ1) is 14.2. The Morgan fingerprint density at radius 1 is 1.69 bits per heavy atom. The Kier molecular flexibility index (Phi) is 5.86. The average molecular weight is 291 g/mol. The minimum absolute atomic E-state index is 0.0452. The normalized spacial score (nSPS) is 8.62. The van der Waals surface area contributed by atoms with Gasteiger partial charge in [-0.05, 0) is 24.6 Å². The minimum Gasteiger partial charge on any atom is -0.370 e. The number of aryl methyl sites for hydroxylation is 1. The van der Waals surface area contributed by atoms with E-state index < -0.39 is 5.09 Å². The summed E-state index contributed by atoms with van der Waals surface area (Å²) in [6.07, 6.45) is 0. The van der Waals surface area contributed by atoms with Crippen molar-refractivity contribution in [3.05, 3.63) is 38.3 Å². The van der Waals surface area contributed by atoms with Crippen molar-refractivity contribution in [2.75, 3.05) is 5.32 Å². The molecule has 0 bridgehead atoms. The van der Waals surface area contributed by atoms with Crippen LogP contribution >= 0.6 is 15.9 Å². The van der Waals surface area contributed by atoms with E-state index in [1.807, 2.05) is 25.1 Å². The highest BCUT2D eigenvalue weighted by Gasteiger charge is 1.98. The molecule has 8 heteroatoms. The van der Waals surface area contributed by atoms with Crippen LogP contribution in [0.4, 0.5) is 5.69 Å². The van der Waals surface area contributed by atoms with Crippen molar-refractivity contribution in [1.29, 1.82) is 5.41 Å². The molecule has 16 heavy (non-hydrogen) atoms. The van der Waals surface area contributed by atoms with Crippen molar-refractivity contribution in [3.63, 3.8) is 0 Å². The first-order valence-corrected chi connectivity index (χ1v) is 4.82. The lowest BCUT2D eigenvalue weighted by Crippen LogP contribution is -2.20. The van der Waals surface area contributed by atoms with E-state index >= 15 is 0 Å². The zero-order chi connectivity index (χ0) is 12.7. The number of hydrogen-bond donors (Lipinski definition) is 4. The first-order chi connectivity index (χ1) is 7.32. The molecule has 0 aromatic heterocycles. The number of hydrogen-bond acceptors (Lipinski definition) is 3. The van der Waals surface area contributed by atoms with Crippen LogP contribution in [0.5, 0.6) is 0 Å². The van der Waals surface area contributed by atoms with Gasteiger partial charge < -0.3 is 16.3 Å². The van der Waals surface area contributed by atoms with Crippen LogP contribution in [0.25, 0.3) is 0 Å². The standard InChI is InChI=1S/C8H10BrN3.HNO3/c1-5-2-3-6(9)4-7(5)12-8(10)11;2-1(3)4/h2-4H,1H3,(H4,10,11,12);(H,2,3,4). The van der Waals surface area contributed by atoms with Gasteiger partial charge in [0.25, 0.3) is 5.09 Å². The van der Waals surface area contributed by atoms with Crippen LogP contribution in [-0.4, -0.2) is 16.3 Å². The predicted octanol–water partition coefficient (Wildman–Crippen LogP) is 1.72. The molecule has 0 aliphatic heterocycles. The second kappa shape index (κ2) is 6.62. The van der Waals surface area contributed by atoms with Gasteiger partial charge in [0.2, 0.25) is 0 Å². The quantitative estimate of drug-likeness (QED) is 0.271. The van der Waals surface area contributed by atoms with Crippen molar-refractivity contribution in [2.45, 2.75) is 6.92 Å². The Labute approximate surface area is 100 Å².